The molecule has 2 fully saturated rings. The largest absolute Gasteiger partial charge is 0.309 e. The van der Waals surface area contributed by atoms with Gasteiger partial charge in [-0.15, -0.1) is 0 Å². The van der Waals surface area contributed by atoms with Crippen LogP contribution in [0.1, 0.15) is 49.2 Å². The van der Waals surface area contributed by atoms with Crippen LogP contribution in [0.25, 0.3) is 20.7 Å². The zero-order valence-corrected chi connectivity index (χ0v) is 18.0. The second-order valence-electron chi connectivity index (χ2n) is 6.61. The van der Waals surface area contributed by atoms with E-state index >= 15 is 0 Å². The van der Waals surface area contributed by atoms with Gasteiger partial charge < -0.3 is 4.98 Å². The summed E-state index contributed by atoms with van der Waals surface area (Å²) in [4.78, 5) is 35.3. The summed E-state index contributed by atoms with van der Waals surface area (Å²) in [6, 6.07) is 0. The third kappa shape index (κ3) is 3.73. The minimum Gasteiger partial charge on any atom is -0.309 e. The van der Waals surface area contributed by atoms with Crippen LogP contribution in [0.5, 0.6) is 0 Å². The second kappa shape index (κ2) is 7.14. The van der Waals surface area contributed by atoms with Gasteiger partial charge in [0, 0.05) is 11.8 Å². The van der Waals surface area contributed by atoms with E-state index in [1.807, 2.05) is 0 Å². The third-order valence-corrected chi connectivity index (χ3v) is 7.06. The molecule has 0 bridgehead atoms. The summed E-state index contributed by atoms with van der Waals surface area (Å²) in [7, 11) is 0. The minimum absolute atomic E-state index is 0.124. The molecule has 2 aliphatic carbocycles. The molecule has 0 radical (unpaired) electrons. The van der Waals surface area contributed by atoms with Gasteiger partial charge in [0.05, 0.1) is 0 Å². The average molecular weight is 474 g/mol. The molecule has 1 N–H and O–H groups in total. The quantitative estimate of drug-likeness (QED) is 0.403. The number of halogens is 3. The Morgan fingerprint density at radius 1 is 0.786 bits per heavy atom. The van der Waals surface area contributed by atoms with Gasteiger partial charge in [-0.2, -0.15) is 0 Å². The predicted octanol–water partition coefficient (Wildman–Crippen LogP) is 5.18. The first-order valence-electron chi connectivity index (χ1n) is 8.53. The highest BCUT2D eigenvalue weighted by Crippen LogP contribution is 2.40. The molecular formula is C16H11Cl3N6OS2. The summed E-state index contributed by atoms with van der Waals surface area (Å²) in [5.41, 5.74) is 0.980. The smallest absolute Gasteiger partial charge is 0.270 e. The summed E-state index contributed by atoms with van der Waals surface area (Å²) >= 11 is 20.0. The summed E-state index contributed by atoms with van der Waals surface area (Å²) in [5.74, 6) is 2.47. The number of fused-ring (bicyclic) bond motifs is 2. The number of nitrogens with one attached hydrogen (secondary N) is 1. The first-order chi connectivity index (χ1) is 13.5. The van der Waals surface area contributed by atoms with E-state index in [-0.39, 0.29) is 5.56 Å². The monoisotopic (exact) mass is 472 g/mol. The van der Waals surface area contributed by atoms with E-state index in [2.05, 4.69) is 29.9 Å². The lowest BCUT2D eigenvalue weighted by molar-refractivity contribution is 0.928. The lowest BCUT2D eigenvalue weighted by Crippen LogP contribution is -2.09. The van der Waals surface area contributed by atoms with E-state index in [0.29, 0.717) is 41.9 Å². The van der Waals surface area contributed by atoms with E-state index in [1.165, 1.54) is 22.7 Å². The highest BCUT2D eigenvalue weighted by atomic mass is 35.5. The average Bonchev–Trinajstić information content (AvgIpc) is 3.56. The molecule has 0 aromatic carbocycles. The van der Waals surface area contributed by atoms with Gasteiger partial charge in [0.15, 0.2) is 25.4 Å². The number of hydrogen-bond donors (Lipinski definition) is 1. The van der Waals surface area contributed by atoms with Gasteiger partial charge in [-0.1, -0.05) is 57.5 Å². The van der Waals surface area contributed by atoms with Gasteiger partial charge in [-0.25, -0.2) is 24.9 Å². The molecule has 4 aromatic heterocycles. The van der Waals surface area contributed by atoms with Crippen molar-refractivity contribution in [3.63, 3.8) is 0 Å². The standard InChI is InChI=1S/C8H5Cl2N3S.C8H6ClN3OS/c9-5-4-7(13-8(10)14-4)12-6(11-5)3-1-2-3;9-8-12-6-4(14-8)7(13)11-5(10-6)3-1-2-3/h3H,1-2H2;3H,1-2H2,(H,10,11,13). The Bertz CT molecular complexity index is 1260. The molecule has 2 saturated carbocycles. The molecule has 0 saturated heterocycles. The molecule has 6 rings (SSSR count). The molecule has 0 unspecified atom stereocenters. The maximum absolute atomic E-state index is 11.6. The van der Waals surface area contributed by atoms with E-state index in [0.717, 1.165) is 42.0 Å². The molecule has 0 atom stereocenters. The number of aromatic nitrogens is 6. The maximum atomic E-state index is 11.6. The molecule has 28 heavy (non-hydrogen) atoms. The zero-order chi connectivity index (χ0) is 19.4. The van der Waals surface area contributed by atoms with E-state index in [1.54, 1.807) is 0 Å². The summed E-state index contributed by atoms with van der Waals surface area (Å²) in [6.07, 6.45) is 4.51. The Morgan fingerprint density at radius 2 is 1.39 bits per heavy atom. The van der Waals surface area contributed by atoms with Crippen molar-refractivity contribution in [3.8, 4) is 0 Å². The van der Waals surface area contributed by atoms with Crippen LogP contribution in [0.15, 0.2) is 4.79 Å². The Morgan fingerprint density at radius 3 is 2.04 bits per heavy atom. The van der Waals surface area contributed by atoms with E-state index in [9.17, 15) is 4.79 Å². The molecule has 144 valence electrons. The molecule has 7 nitrogen and oxygen atoms in total. The molecule has 0 amide bonds. The van der Waals surface area contributed by atoms with Gasteiger partial charge in [-0.05, 0) is 25.7 Å². The topological polar surface area (TPSA) is 97.3 Å². The Kier molecular flexibility index (Phi) is 4.75. The number of thiazole rings is 2. The predicted molar refractivity (Wildman–Crippen MR) is 112 cm³/mol. The van der Waals surface area contributed by atoms with Crippen LogP contribution in [-0.4, -0.2) is 29.9 Å². The van der Waals surface area contributed by atoms with Crippen LogP contribution >= 0.6 is 57.5 Å². The molecular weight excluding hydrogens is 463 g/mol. The minimum atomic E-state index is -0.124. The fourth-order valence-corrected chi connectivity index (χ4v) is 4.83. The van der Waals surface area contributed by atoms with Gasteiger partial charge in [0.25, 0.3) is 5.56 Å². The van der Waals surface area contributed by atoms with Crippen molar-refractivity contribution in [2.24, 2.45) is 0 Å². The van der Waals surface area contributed by atoms with Crippen LogP contribution in [-0.2, 0) is 0 Å². The SMILES string of the molecule is Clc1nc2nc(C3CC3)nc(Cl)c2s1.O=c1[nH]c(C2CC2)nc2nc(Cl)sc12. The van der Waals surface area contributed by atoms with Crippen LogP contribution in [0.2, 0.25) is 14.1 Å². The van der Waals surface area contributed by atoms with Crippen molar-refractivity contribution in [1.82, 2.24) is 29.9 Å². The van der Waals surface area contributed by atoms with Crippen molar-refractivity contribution >= 4 is 78.2 Å². The normalized spacial score (nSPS) is 16.4. The molecule has 12 heteroatoms. The fourth-order valence-electron chi connectivity index (χ4n) is 2.68. The first-order valence-corrected chi connectivity index (χ1v) is 11.3. The van der Waals surface area contributed by atoms with Gasteiger partial charge >= 0.3 is 0 Å². The molecule has 4 aromatic rings. The van der Waals surface area contributed by atoms with Gasteiger partial charge in [-0.3, -0.25) is 4.79 Å². The van der Waals surface area contributed by atoms with E-state index in [4.69, 9.17) is 34.8 Å². The third-order valence-electron chi connectivity index (χ3n) is 4.37. The summed E-state index contributed by atoms with van der Waals surface area (Å²) in [6.45, 7) is 0. The van der Waals surface area contributed by atoms with Crippen molar-refractivity contribution in [2.45, 2.75) is 37.5 Å². The second-order valence-corrected chi connectivity index (χ2v) is 10.1. The van der Waals surface area contributed by atoms with Crippen molar-refractivity contribution in [3.05, 3.63) is 36.1 Å². The van der Waals surface area contributed by atoms with Crippen LogP contribution < -0.4 is 5.56 Å². The number of H-pyrrole nitrogens is 1. The van der Waals surface area contributed by atoms with Crippen LogP contribution in [0.3, 0.4) is 0 Å². The summed E-state index contributed by atoms with van der Waals surface area (Å²) in [5, 5.41) is 0.473. The van der Waals surface area contributed by atoms with Crippen LogP contribution in [0, 0.1) is 0 Å². The maximum Gasteiger partial charge on any atom is 0.270 e. The fraction of sp³-hybridized carbons (Fsp3) is 0.375. The number of rotatable bonds is 2. The summed E-state index contributed by atoms with van der Waals surface area (Å²) < 4.78 is 2.12. The zero-order valence-electron chi connectivity index (χ0n) is 14.1. The lowest BCUT2D eigenvalue weighted by atomic mass is 10.4. The van der Waals surface area contributed by atoms with E-state index < -0.39 is 0 Å². The van der Waals surface area contributed by atoms with Gasteiger partial charge in [0.1, 0.15) is 21.0 Å². The van der Waals surface area contributed by atoms with Crippen LogP contribution in [0.4, 0.5) is 0 Å². The number of hydrogen-bond acceptors (Lipinski definition) is 8. The van der Waals surface area contributed by atoms with Crippen molar-refractivity contribution < 1.29 is 0 Å². The Hall–Kier alpha value is -1.39. The molecule has 0 aliphatic heterocycles. The Balaban J connectivity index is 0.000000122. The first kappa shape index (κ1) is 18.6. The van der Waals surface area contributed by atoms with Crippen molar-refractivity contribution in [1.29, 1.82) is 0 Å². The van der Waals surface area contributed by atoms with Crippen molar-refractivity contribution in [2.75, 3.05) is 0 Å². The number of nitrogens with zero attached hydrogens (tertiary/aromatic N) is 5. The van der Waals surface area contributed by atoms with Gasteiger partial charge in [0.2, 0.25) is 0 Å². The lowest BCUT2D eigenvalue weighted by Gasteiger charge is -1.96. The number of aromatic amines is 1. The highest BCUT2D eigenvalue weighted by molar-refractivity contribution is 7.22. The highest BCUT2D eigenvalue weighted by Gasteiger charge is 2.28. The molecule has 4 heterocycles. The Labute approximate surface area is 181 Å². The molecule has 0 spiro atoms. The molecule has 2 aliphatic rings.